The first kappa shape index (κ1) is 19.7. The Labute approximate surface area is 200 Å². The van der Waals surface area contributed by atoms with E-state index < -0.39 is 20.3 Å². The van der Waals surface area contributed by atoms with Crippen LogP contribution in [0.15, 0.2) is 109 Å². The van der Waals surface area contributed by atoms with Crippen molar-refractivity contribution in [3.63, 3.8) is 0 Å². The maximum atomic E-state index is 2.59. The van der Waals surface area contributed by atoms with E-state index in [1.165, 1.54) is 41.6 Å². The molecule has 1 heteroatoms. The summed E-state index contributed by atoms with van der Waals surface area (Å²) in [5, 5.41) is 0. The van der Waals surface area contributed by atoms with Crippen molar-refractivity contribution >= 4 is 12.2 Å². The Bertz CT molecular complexity index is 1300. The van der Waals surface area contributed by atoms with Crippen molar-refractivity contribution in [2.75, 3.05) is 0 Å². The van der Waals surface area contributed by atoms with Gasteiger partial charge in [0.1, 0.15) is 0 Å². The monoisotopic (exact) mass is 500 g/mol. The molecule has 0 spiro atoms. The van der Waals surface area contributed by atoms with Crippen molar-refractivity contribution in [2.45, 2.75) is 15.5 Å². The molecule has 4 aromatic carbocycles. The topological polar surface area (TPSA) is 0 Å². The van der Waals surface area contributed by atoms with Crippen LogP contribution in [0.1, 0.15) is 29.5 Å². The fourth-order valence-corrected chi connectivity index (χ4v) is 21.9. The zero-order chi connectivity index (χ0) is 21.8. The van der Waals surface area contributed by atoms with Crippen LogP contribution in [0.25, 0.3) is 34.4 Å². The van der Waals surface area contributed by atoms with E-state index in [0.29, 0.717) is 7.25 Å². The third kappa shape index (κ3) is 3.06. The molecule has 0 bridgehead atoms. The summed E-state index contributed by atoms with van der Waals surface area (Å²) >= 11 is -2.44. The Kier molecular flexibility index (Phi) is 4.56. The first-order valence-corrected chi connectivity index (χ1v) is 18.4. The summed E-state index contributed by atoms with van der Waals surface area (Å²) in [6.45, 7) is 0. The van der Waals surface area contributed by atoms with Crippen molar-refractivity contribution < 1.29 is 20.3 Å². The summed E-state index contributed by atoms with van der Waals surface area (Å²) in [6, 6.07) is 35.8. The van der Waals surface area contributed by atoms with Crippen molar-refractivity contribution in [3.05, 3.63) is 131 Å². The van der Waals surface area contributed by atoms with Gasteiger partial charge in [0.15, 0.2) is 0 Å². The molecule has 158 valence electrons. The zero-order valence-electron chi connectivity index (χ0n) is 18.6. The summed E-state index contributed by atoms with van der Waals surface area (Å²) in [7, 11) is 0. The van der Waals surface area contributed by atoms with Crippen LogP contribution >= 0.6 is 0 Å². The fraction of sp³-hybridized carbons (Fsp3) is 0.125. The van der Waals surface area contributed by atoms with Crippen molar-refractivity contribution in [2.24, 2.45) is 0 Å². The molecular formula is C32H26Zr. The first-order chi connectivity index (χ1) is 16.4. The zero-order valence-corrected chi connectivity index (χ0v) is 21.1. The first-order valence-electron chi connectivity index (χ1n) is 12.1. The van der Waals surface area contributed by atoms with Gasteiger partial charge in [-0.25, -0.2) is 0 Å². The molecule has 7 rings (SSSR count). The summed E-state index contributed by atoms with van der Waals surface area (Å²) in [4.78, 5) is 0. The number of hydrogen-bond acceptors (Lipinski definition) is 0. The predicted molar refractivity (Wildman–Crippen MR) is 137 cm³/mol. The van der Waals surface area contributed by atoms with Crippen LogP contribution in [-0.2, 0) is 20.3 Å². The van der Waals surface area contributed by atoms with E-state index in [2.05, 4.69) is 121 Å². The van der Waals surface area contributed by atoms with E-state index in [1.807, 2.05) is 0 Å². The van der Waals surface area contributed by atoms with Crippen LogP contribution < -0.4 is 0 Å². The number of benzene rings is 4. The summed E-state index contributed by atoms with van der Waals surface area (Å²) in [6.07, 6.45) is 10.1. The molecule has 1 heterocycles. The van der Waals surface area contributed by atoms with E-state index >= 15 is 0 Å². The Balaban J connectivity index is 1.29. The van der Waals surface area contributed by atoms with Crippen LogP contribution in [0, 0.1) is 0 Å². The van der Waals surface area contributed by atoms with Gasteiger partial charge < -0.3 is 0 Å². The molecule has 1 fully saturated rings. The quantitative estimate of drug-likeness (QED) is 0.262. The van der Waals surface area contributed by atoms with E-state index in [1.54, 1.807) is 11.1 Å². The summed E-state index contributed by atoms with van der Waals surface area (Å²) in [5.41, 5.74) is 11.6. The summed E-state index contributed by atoms with van der Waals surface area (Å²) in [5.74, 6) is 0. The van der Waals surface area contributed by atoms with Gasteiger partial charge in [-0.3, -0.25) is 0 Å². The standard InChI is InChI=1S/2C15H11.C2H4.Zr/c2*1-2-6-12(7-3-1)14-10-4-8-13-9-5-11-15(13)14;1-2;/h2*1-11H;1-2H2;. The van der Waals surface area contributed by atoms with Crippen LogP contribution in [0.4, 0.5) is 0 Å². The fourth-order valence-electron chi connectivity index (χ4n) is 6.37. The molecule has 0 nitrogen and oxygen atoms in total. The van der Waals surface area contributed by atoms with Gasteiger partial charge in [0.25, 0.3) is 0 Å². The number of allylic oxidation sites excluding steroid dienone is 2. The second kappa shape index (κ2) is 7.64. The predicted octanol–water partition coefficient (Wildman–Crippen LogP) is 8.86. The number of fused-ring (bicyclic) bond motifs is 2. The molecule has 0 aromatic heterocycles. The molecule has 2 unspecified atom stereocenters. The van der Waals surface area contributed by atoms with Crippen LogP contribution in [-0.4, -0.2) is 0 Å². The molecule has 0 radical (unpaired) electrons. The van der Waals surface area contributed by atoms with Crippen molar-refractivity contribution in [1.82, 2.24) is 0 Å². The molecule has 1 saturated heterocycles. The average molecular weight is 502 g/mol. The van der Waals surface area contributed by atoms with E-state index in [0.717, 1.165) is 0 Å². The normalized spacial score (nSPS) is 21.1. The maximum absolute atomic E-state index is 2.59. The van der Waals surface area contributed by atoms with E-state index in [-0.39, 0.29) is 0 Å². The molecule has 3 aliphatic rings. The van der Waals surface area contributed by atoms with Crippen molar-refractivity contribution in [1.29, 1.82) is 0 Å². The van der Waals surface area contributed by atoms with Gasteiger partial charge in [-0.1, -0.05) is 0 Å². The molecule has 2 aliphatic carbocycles. The molecule has 4 aromatic rings. The van der Waals surface area contributed by atoms with Crippen LogP contribution in [0.5, 0.6) is 0 Å². The Morgan fingerprint density at radius 2 is 0.939 bits per heavy atom. The molecule has 1 aliphatic heterocycles. The van der Waals surface area contributed by atoms with Crippen molar-refractivity contribution in [3.8, 4) is 22.3 Å². The average Bonchev–Trinajstić information content (AvgIpc) is 3.35. The molecular weight excluding hydrogens is 476 g/mol. The van der Waals surface area contributed by atoms with E-state index in [4.69, 9.17) is 0 Å². The van der Waals surface area contributed by atoms with Gasteiger partial charge in [-0.2, -0.15) is 0 Å². The second-order valence-electron chi connectivity index (χ2n) is 9.76. The molecule has 2 atom stereocenters. The third-order valence-corrected chi connectivity index (χ3v) is 20.7. The molecule has 33 heavy (non-hydrogen) atoms. The van der Waals surface area contributed by atoms with E-state index in [9.17, 15) is 0 Å². The Morgan fingerprint density at radius 1 is 0.485 bits per heavy atom. The Morgan fingerprint density at radius 3 is 1.36 bits per heavy atom. The number of hydrogen-bond donors (Lipinski definition) is 0. The second-order valence-corrected chi connectivity index (χ2v) is 21.3. The summed E-state index contributed by atoms with van der Waals surface area (Å²) < 4.78 is 4.39. The molecule has 0 saturated carbocycles. The third-order valence-electron chi connectivity index (χ3n) is 8.10. The SMILES string of the molecule is C1=C[CH]([Zr]2([CH]3C=Cc4c(-c5ccccc5)cccc43)[CH2][CH2]2)c2cccc(-c3ccccc3)c21. The van der Waals surface area contributed by atoms with Gasteiger partial charge in [0.2, 0.25) is 0 Å². The van der Waals surface area contributed by atoms with Gasteiger partial charge in [-0.05, 0) is 0 Å². The number of rotatable bonds is 4. The van der Waals surface area contributed by atoms with Gasteiger partial charge in [0.05, 0.1) is 0 Å². The van der Waals surface area contributed by atoms with Gasteiger partial charge in [-0.15, -0.1) is 0 Å². The Hall–Kier alpha value is -2.76. The molecule has 0 N–H and O–H groups in total. The van der Waals surface area contributed by atoms with Gasteiger partial charge >= 0.3 is 202 Å². The minimum atomic E-state index is -2.44. The minimum absolute atomic E-state index is 0.693. The molecule has 0 amide bonds. The van der Waals surface area contributed by atoms with Gasteiger partial charge in [0, 0.05) is 0 Å². The van der Waals surface area contributed by atoms with Crippen LogP contribution in [0.2, 0.25) is 8.26 Å². The van der Waals surface area contributed by atoms with Crippen LogP contribution in [0.3, 0.4) is 0 Å².